The number of nitrogens with one attached hydrogen (secondary N) is 1. The van der Waals surface area contributed by atoms with Gasteiger partial charge in [0.15, 0.2) is 18.1 Å². The van der Waals surface area contributed by atoms with E-state index in [0.717, 1.165) is 0 Å². The molecule has 0 saturated heterocycles. The molecule has 0 unspecified atom stereocenters. The van der Waals surface area contributed by atoms with Gasteiger partial charge in [0, 0.05) is 18.7 Å². The first-order valence-corrected chi connectivity index (χ1v) is 6.42. The second-order valence-corrected chi connectivity index (χ2v) is 4.08. The molecular weight excluding hydrogens is 290 g/mol. The molecule has 120 valence electrons. The van der Waals surface area contributed by atoms with Crippen molar-refractivity contribution in [1.82, 2.24) is 5.32 Å². The van der Waals surface area contributed by atoms with Crippen LogP contribution in [0.3, 0.4) is 0 Å². The highest BCUT2D eigenvalue weighted by Gasteiger charge is 2.19. The van der Waals surface area contributed by atoms with E-state index in [4.69, 9.17) is 18.9 Å². The minimum absolute atomic E-state index is 0.136. The number of benzene rings is 1. The maximum absolute atomic E-state index is 12.1. The number of amides is 1. The minimum Gasteiger partial charge on any atom is -0.496 e. The van der Waals surface area contributed by atoms with Crippen LogP contribution in [0.25, 0.3) is 0 Å². The van der Waals surface area contributed by atoms with Crippen molar-refractivity contribution in [3.05, 3.63) is 30.4 Å². The Labute approximate surface area is 128 Å². The van der Waals surface area contributed by atoms with Crippen LogP contribution in [0.5, 0.6) is 17.2 Å². The smallest absolute Gasteiger partial charge is 0.342 e. The van der Waals surface area contributed by atoms with Crippen molar-refractivity contribution in [2.45, 2.75) is 0 Å². The maximum atomic E-state index is 12.1. The summed E-state index contributed by atoms with van der Waals surface area (Å²) in [4.78, 5) is 23.5. The summed E-state index contributed by atoms with van der Waals surface area (Å²) in [6.07, 6.45) is 1.52. The highest BCUT2D eigenvalue weighted by Crippen LogP contribution is 2.34. The molecule has 22 heavy (non-hydrogen) atoms. The van der Waals surface area contributed by atoms with Crippen LogP contribution in [0.1, 0.15) is 10.4 Å². The van der Waals surface area contributed by atoms with Crippen molar-refractivity contribution in [2.75, 3.05) is 34.5 Å². The van der Waals surface area contributed by atoms with Gasteiger partial charge in [0.25, 0.3) is 5.91 Å². The van der Waals surface area contributed by atoms with Gasteiger partial charge in [0.05, 0.1) is 21.3 Å². The van der Waals surface area contributed by atoms with Crippen LogP contribution in [-0.4, -0.2) is 46.4 Å². The number of rotatable bonds is 8. The Morgan fingerprint density at radius 2 is 1.68 bits per heavy atom. The lowest BCUT2D eigenvalue weighted by Crippen LogP contribution is -2.28. The van der Waals surface area contributed by atoms with Crippen LogP contribution in [0.2, 0.25) is 0 Å². The Kier molecular flexibility index (Phi) is 6.75. The third-order valence-corrected chi connectivity index (χ3v) is 2.70. The molecule has 1 amide bonds. The quantitative estimate of drug-likeness (QED) is 0.573. The highest BCUT2D eigenvalue weighted by atomic mass is 16.5. The van der Waals surface area contributed by atoms with Crippen molar-refractivity contribution in [3.8, 4) is 17.2 Å². The van der Waals surface area contributed by atoms with Crippen LogP contribution in [0.4, 0.5) is 0 Å². The van der Waals surface area contributed by atoms with Crippen molar-refractivity contribution in [3.63, 3.8) is 0 Å². The van der Waals surface area contributed by atoms with Gasteiger partial charge in [0.1, 0.15) is 11.3 Å². The van der Waals surface area contributed by atoms with E-state index in [-0.39, 0.29) is 11.3 Å². The third-order valence-electron chi connectivity index (χ3n) is 2.70. The number of hydrogen-bond acceptors (Lipinski definition) is 6. The molecule has 0 spiro atoms. The van der Waals surface area contributed by atoms with Gasteiger partial charge in [-0.25, -0.2) is 4.79 Å². The molecule has 7 nitrogen and oxygen atoms in total. The van der Waals surface area contributed by atoms with Crippen LogP contribution in [0, 0.1) is 0 Å². The van der Waals surface area contributed by atoms with Crippen LogP contribution in [0.15, 0.2) is 24.8 Å². The van der Waals surface area contributed by atoms with Gasteiger partial charge in [-0.15, -0.1) is 6.58 Å². The molecule has 0 heterocycles. The zero-order valence-electron chi connectivity index (χ0n) is 12.8. The molecule has 1 rings (SSSR count). The lowest BCUT2D eigenvalue weighted by molar-refractivity contribution is -0.124. The summed E-state index contributed by atoms with van der Waals surface area (Å²) in [5.41, 5.74) is 0.136. The van der Waals surface area contributed by atoms with Gasteiger partial charge < -0.3 is 24.3 Å². The van der Waals surface area contributed by atoms with E-state index in [9.17, 15) is 9.59 Å². The number of hydrogen-bond donors (Lipinski definition) is 1. The SMILES string of the molecule is C=CCNC(=O)COC(=O)c1cc(OC)c(OC)cc1OC. The Hall–Kier alpha value is -2.70. The van der Waals surface area contributed by atoms with Crippen molar-refractivity contribution in [2.24, 2.45) is 0 Å². The molecule has 0 aliphatic carbocycles. The third kappa shape index (κ3) is 4.41. The number of ether oxygens (including phenoxy) is 4. The summed E-state index contributed by atoms with van der Waals surface area (Å²) in [6.45, 7) is 3.37. The number of carbonyl (C=O) groups is 2. The predicted octanol–water partition coefficient (Wildman–Crippen LogP) is 1.17. The molecular formula is C15H19NO6. The number of esters is 1. The monoisotopic (exact) mass is 309 g/mol. The van der Waals surface area contributed by atoms with E-state index < -0.39 is 18.5 Å². The molecule has 0 fully saturated rings. The van der Waals surface area contributed by atoms with Crippen molar-refractivity contribution in [1.29, 1.82) is 0 Å². The van der Waals surface area contributed by atoms with Gasteiger partial charge >= 0.3 is 5.97 Å². The number of methoxy groups -OCH3 is 3. The maximum Gasteiger partial charge on any atom is 0.342 e. The standard InChI is InChI=1S/C15H19NO6/c1-5-6-16-14(17)9-22-15(18)10-7-12(20-3)13(21-4)8-11(10)19-2/h5,7-8H,1,6,9H2,2-4H3,(H,16,17). The van der Waals surface area contributed by atoms with E-state index >= 15 is 0 Å². The van der Waals surface area contributed by atoms with Crippen molar-refractivity contribution < 1.29 is 28.5 Å². The molecule has 0 aromatic heterocycles. The summed E-state index contributed by atoms with van der Waals surface area (Å²) < 4.78 is 20.3. The van der Waals surface area contributed by atoms with Gasteiger partial charge in [-0.3, -0.25) is 4.79 Å². The first kappa shape index (κ1) is 17.4. The topological polar surface area (TPSA) is 83.1 Å². The van der Waals surface area contributed by atoms with Crippen LogP contribution >= 0.6 is 0 Å². The summed E-state index contributed by atoms with van der Waals surface area (Å²) in [7, 11) is 4.33. The first-order chi connectivity index (χ1) is 10.6. The predicted molar refractivity (Wildman–Crippen MR) is 79.6 cm³/mol. The lowest BCUT2D eigenvalue weighted by atomic mass is 10.1. The molecule has 0 aliphatic rings. The molecule has 0 bridgehead atoms. The minimum atomic E-state index is -0.702. The summed E-state index contributed by atoms with van der Waals surface area (Å²) >= 11 is 0. The fraction of sp³-hybridized carbons (Fsp3) is 0.333. The zero-order chi connectivity index (χ0) is 16.5. The van der Waals surface area contributed by atoms with Crippen molar-refractivity contribution >= 4 is 11.9 Å². The molecule has 1 N–H and O–H groups in total. The van der Waals surface area contributed by atoms with Gasteiger partial charge in [-0.05, 0) is 0 Å². The van der Waals surface area contributed by atoms with E-state index in [0.29, 0.717) is 18.0 Å². The van der Waals surface area contributed by atoms with Gasteiger partial charge in [0.2, 0.25) is 0 Å². The first-order valence-electron chi connectivity index (χ1n) is 6.42. The molecule has 0 aliphatic heterocycles. The fourth-order valence-corrected chi connectivity index (χ4v) is 1.63. The average molecular weight is 309 g/mol. The lowest BCUT2D eigenvalue weighted by Gasteiger charge is -2.13. The number of carbonyl (C=O) groups excluding carboxylic acids is 2. The molecule has 1 aromatic carbocycles. The van der Waals surface area contributed by atoms with Gasteiger partial charge in [-0.2, -0.15) is 0 Å². The second-order valence-electron chi connectivity index (χ2n) is 4.08. The highest BCUT2D eigenvalue weighted by molar-refractivity contribution is 5.95. The molecule has 0 saturated carbocycles. The van der Waals surface area contributed by atoms with Crippen LogP contribution < -0.4 is 19.5 Å². The Morgan fingerprint density at radius 3 is 2.23 bits per heavy atom. The fourth-order valence-electron chi connectivity index (χ4n) is 1.63. The van der Waals surface area contributed by atoms with E-state index in [1.807, 2.05) is 0 Å². The summed E-state index contributed by atoms with van der Waals surface area (Å²) in [5, 5.41) is 2.50. The summed E-state index contributed by atoms with van der Waals surface area (Å²) in [6, 6.07) is 2.94. The molecule has 0 radical (unpaired) electrons. The normalized spacial score (nSPS) is 9.59. The van der Waals surface area contributed by atoms with Crippen LogP contribution in [-0.2, 0) is 9.53 Å². The average Bonchev–Trinajstić information content (AvgIpc) is 2.56. The Bertz CT molecular complexity index is 555. The van der Waals surface area contributed by atoms with E-state index in [1.54, 1.807) is 0 Å². The van der Waals surface area contributed by atoms with E-state index in [2.05, 4.69) is 11.9 Å². The molecule has 7 heteroatoms. The second kappa shape index (κ2) is 8.56. The largest absolute Gasteiger partial charge is 0.496 e. The zero-order valence-corrected chi connectivity index (χ0v) is 12.8. The Balaban J connectivity index is 2.87. The Morgan fingerprint density at radius 1 is 1.09 bits per heavy atom. The molecule has 0 atom stereocenters. The van der Waals surface area contributed by atoms with E-state index in [1.165, 1.54) is 39.5 Å². The molecule has 1 aromatic rings. The summed E-state index contributed by atoms with van der Waals surface area (Å²) in [5.74, 6) is -0.0978. The van der Waals surface area contributed by atoms with Gasteiger partial charge in [-0.1, -0.05) is 6.08 Å².